The molecule has 2 N–H and O–H groups in total. The number of carbonyl (C=O) groups is 1. The third-order valence-electron chi connectivity index (χ3n) is 6.64. The van der Waals surface area contributed by atoms with Crippen LogP contribution in [0.5, 0.6) is 0 Å². The van der Waals surface area contributed by atoms with Crippen LogP contribution in [-0.4, -0.2) is 49.8 Å². The predicted molar refractivity (Wildman–Crippen MR) is 105 cm³/mol. The minimum absolute atomic E-state index is 0.0128. The highest BCUT2D eigenvalue weighted by Crippen LogP contribution is 2.30. The van der Waals surface area contributed by atoms with E-state index in [2.05, 4.69) is 15.4 Å². The summed E-state index contributed by atoms with van der Waals surface area (Å²) in [6.07, 6.45) is 12.1. The third-order valence-corrected chi connectivity index (χ3v) is 6.64. The number of rotatable bonds is 3. The second kappa shape index (κ2) is 7.22. The predicted octanol–water partition coefficient (Wildman–Crippen LogP) is 2.68. The molecule has 28 heavy (non-hydrogen) atoms. The summed E-state index contributed by atoms with van der Waals surface area (Å²) < 4.78 is 1.95. The Balaban J connectivity index is 1.31. The number of hydrogen-bond donors (Lipinski definition) is 2. The summed E-state index contributed by atoms with van der Waals surface area (Å²) in [7, 11) is 0. The summed E-state index contributed by atoms with van der Waals surface area (Å²) in [5, 5.41) is 8.17. The highest BCUT2D eigenvalue weighted by atomic mass is 16.2. The number of amides is 2. The number of nitrogens with one attached hydrogen (secondary N) is 2. The number of aromatic nitrogens is 4. The van der Waals surface area contributed by atoms with Crippen LogP contribution in [0.1, 0.15) is 75.6 Å². The van der Waals surface area contributed by atoms with E-state index in [1.807, 2.05) is 9.58 Å². The lowest BCUT2D eigenvalue weighted by atomic mass is 9.96. The monoisotopic (exact) mass is 384 g/mol. The van der Waals surface area contributed by atoms with E-state index in [9.17, 15) is 9.59 Å². The molecule has 2 saturated carbocycles. The number of likely N-dealkylation sites (tertiary alicyclic amines) is 1. The molecule has 0 bridgehead atoms. The van der Waals surface area contributed by atoms with E-state index in [0.29, 0.717) is 42.0 Å². The van der Waals surface area contributed by atoms with Crippen LogP contribution in [0.15, 0.2) is 11.0 Å². The van der Waals surface area contributed by atoms with Crippen molar-refractivity contribution in [3.63, 3.8) is 0 Å². The molecule has 0 spiro atoms. The summed E-state index contributed by atoms with van der Waals surface area (Å²) in [5.74, 6) is 0.765. The van der Waals surface area contributed by atoms with Gasteiger partial charge < -0.3 is 15.2 Å². The second-order valence-electron chi connectivity index (χ2n) is 8.60. The fraction of sp³-hybridized carbons (Fsp3) is 0.700. The highest BCUT2D eigenvalue weighted by molar-refractivity contribution is 5.76. The van der Waals surface area contributed by atoms with Gasteiger partial charge in [-0.25, -0.2) is 14.5 Å². The van der Waals surface area contributed by atoms with Gasteiger partial charge in [0.2, 0.25) is 0 Å². The smallest absolute Gasteiger partial charge is 0.317 e. The van der Waals surface area contributed by atoms with Crippen molar-refractivity contribution in [1.82, 2.24) is 30.0 Å². The third kappa shape index (κ3) is 3.18. The first-order valence-corrected chi connectivity index (χ1v) is 10.7. The lowest BCUT2D eigenvalue weighted by Crippen LogP contribution is -2.54. The zero-order valence-electron chi connectivity index (χ0n) is 16.2. The summed E-state index contributed by atoms with van der Waals surface area (Å²) in [5.41, 5.74) is 0.565. The number of fused-ring (bicyclic) bond motifs is 1. The molecule has 2 aromatic heterocycles. The van der Waals surface area contributed by atoms with Crippen molar-refractivity contribution in [3.05, 3.63) is 22.4 Å². The Morgan fingerprint density at radius 2 is 1.79 bits per heavy atom. The Labute approximate surface area is 163 Å². The van der Waals surface area contributed by atoms with Gasteiger partial charge in [-0.15, -0.1) is 0 Å². The molecule has 3 fully saturated rings. The van der Waals surface area contributed by atoms with Crippen molar-refractivity contribution in [2.24, 2.45) is 0 Å². The maximum absolute atomic E-state index is 12.5. The van der Waals surface area contributed by atoms with Crippen molar-refractivity contribution in [3.8, 4) is 0 Å². The van der Waals surface area contributed by atoms with E-state index >= 15 is 0 Å². The van der Waals surface area contributed by atoms with Crippen molar-refractivity contribution >= 4 is 17.1 Å². The van der Waals surface area contributed by atoms with E-state index in [1.165, 1.54) is 32.1 Å². The van der Waals surface area contributed by atoms with Crippen LogP contribution < -0.4 is 10.9 Å². The van der Waals surface area contributed by atoms with Crippen LogP contribution in [0.4, 0.5) is 4.79 Å². The molecule has 150 valence electrons. The zero-order valence-corrected chi connectivity index (χ0v) is 16.2. The molecule has 2 aliphatic carbocycles. The molecule has 8 nitrogen and oxygen atoms in total. The number of aromatic amines is 1. The number of urea groups is 1. The molecule has 0 atom stereocenters. The number of nitrogens with zero attached hydrogens (tertiary/aromatic N) is 4. The van der Waals surface area contributed by atoms with Gasteiger partial charge in [0, 0.05) is 19.1 Å². The molecule has 2 amide bonds. The molecule has 5 rings (SSSR count). The molecule has 0 aromatic carbocycles. The lowest BCUT2D eigenvalue weighted by Gasteiger charge is -2.39. The van der Waals surface area contributed by atoms with Crippen LogP contribution in [0.3, 0.4) is 0 Å². The fourth-order valence-corrected chi connectivity index (χ4v) is 4.89. The average Bonchev–Trinajstić information content (AvgIpc) is 3.31. The van der Waals surface area contributed by atoms with Gasteiger partial charge in [-0.05, 0) is 25.7 Å². The Kier molecular flexibility index (Phi) is 4.56. The van der Waals surface area contributed by atoms with Crippen molar-refractivity contribution in [2.45, 2.75) is 75.8 Å². The average molecular weight is 384 g/mol. The van der Waals surface area contributed by atoms with Gasteiger partial charge in [-0.2, -0.15) is 5.10 Å². The number of carbonyl (C=O) groups excluding carboxylic acids is 1. The molecule has 8 heteroatoms. The maximum Gasteiger partial charge on any atom is 0.317 e. The summed E-state index contributed by atoms with van der Waals surface area (Å²) in [6.45, 7) is 1.20. The van der Waals surface area contributed by atoms with Gasteiger partial charge in [-0.1, -0.05) is 32.1 Å². The van der Waals surface area contributed by atoms with Crippen LogP contribution >= 0.6 is 0 Å². The van der Waals surface area contributed by atoms with Crippen LogP contribution in [0.2, 0.25) is 0 Å². The van der Waals surface area contributed by atoms with E-state index in [4.69, 9.17) is 4.98 Å². The molecular formula is C20H28N6O2. The van der Waals surface area contributed by atoms with Crippen molar-refractivity contribution in [1.29, 1.82) is 0 Å². The fourth-order valence-electron chi connectivity index (χ4n) is 4.89. The molecule has 1 saturated heterocycles. The summed E-state index contributed by atoms with van der Waals surface area (Å²) in [4.78, 5) is 34.4. The quantitative estimate of drug-likeness (QED) is 0.850. The summed E-state index contributed by atoms with van der Waals surface area (Å²) >= 11 is 0. The Bertz CT molecular complexity index is 916. The van der Waals surface area contributed by atoms with Gasteiger partial charge in [0.05, 0.1) is 18.2 Å². The minimum atomic E-state index is -0.129. The second-order valence-corrected chi connectivity index (χ2v) is 8.60. The van der Waals surface area contributed by atoms with Gasteiger partial charge in [0.1, 0.15) is 11.2 Å². The van der Waals surface area contributed by atoms with E-state index in [0.717, 1.165) is 25.7 Å². The summed E-state index contributed by atoms with van der Waals surface area (Å²) in [6, 6.07) is 0.674. The topological polar surface area (TPSA) is 95.9 Å². The van der Waals surface area contributed by atoms with Crippen LogP contribution in [-0.2, 0) is 0 Å². The van der Waals surface area contributed by atoms with Crippen LogP contribution in [0.25, 0.3) is 11.0 Å². The van der Waals surface area contributed by atoms with Gasteiger partial charge >= 0.3 is 6.03 Å². The van der Waals surface area contributed by atoms with Crippen LogP contribution in [0, 0.1) is 0 Å². The number of H-pyrrole nitrogens is 1. The first-order valence-electron chi connectivity index (χ1n) is 10.7. The lowest BCUT2D eigenvalue weighted by molar-refractivity contribution is 0.145. The van der Waals surface area contributed by atoms with E-state index in [-0.39, 0.29) is 17.5 Å². The van der Waals surface area contributed by atoms with Crippen molar-refractivity contribution in [2.75, 3.05) is 13.1 Å². The molecule has 3 heterocycles. The first-order chi connectivity index (χ1) is 13.7. The molecular weight excluding hydrogens is 356 g/mol. The standard InChI is InChI=1S/C20H28N6O2/c27-19-16-10-21-26(15-8-2-1-3-9-15)18(16)23-17(24-19)13-11-25(12-13)20(28)22-14-6-4-5-7-14/h10,13-15H,1-9,11-12H2,(H,22,28)(H,23,24,27). The largest absolute Gasteiger partial charge is 0.335 e. The van der Waals surface area contributed by atoms with Gasteiger partial charge in [0.15, 0.2) is 5.65 Å². The molecule has 0 unspecified atom stereocenters. The van der Waals surface area contributed by atoms with E-state index in [1.54, 1.807) is 6.20 Å². The first kappa shape index (κ1) is 17.7. The van der Waals surface area contributed by atoms with Crippen molar-refractivity contribution < 1.29 is 4.79 Å². The Morgan fingerprint density at radius 1 is 1.07 bits per heavy atom. The normalized spacial score (nSPS) is 21.9. The zero-order chi connectivity index (χ0) is 19.1. The molecule has 1 aliphatic heterocycles. The highest BCUT2D eigenvalue weighted by Gasteiger charge is 2.35. The van der Waals surface area contributed by atoms with Gasteiger partial charge in [-0.3, -0.25) is 4.79 Å². The molecule has 3 aliphatic rings. The maximum atomic E-state index is 12.5. The molecule has 2 aromatic rings. The Hall–Kier alpha value is -2.38. The van der Waals surface area contributed by atoms with Gasteiger partial charge in [0.25, 0.3) is 5.56 Å². The number of hydrogen-bond acceptors (Lipinski definition) is 4. The molecule has 0 radical (unpaired) electrons. The SMILES string of the molecule is O=C(NC1CCCC1)N1CC(c2nc3c(cnn3C3CCCCC3)c(=O)[nH]2)C1. The Morgan fingerprint density at radius 3 is 2.54 bits per heavy atom. The minimum Gasteiger partial charge on any atom is -0.335 e. The van der Waals surface area contributed by atoms with E-state index < -0.39 is 0 Å².